The largest absolute Gasteiger partial charge is 0.393 e. The van der Waals surface area contributed by atoms with Crippen LogP contribution in [0.2, 0.25) is 0 Å². The van der Waals surface area contributed by atoms with Crippen molar-refractivity contribution < 1.29 is 10.2 Å². The van der Waals surface area contributed by atoms with Gasteiger partial charge >= 0.3 is 0 Å². The van der Waals surface area contributed by atoms with E-state index in [-0.39, 0.29) is 12.2 Å². The van der Waals surface area contributed by atoms with Crippen LogP contribution in [0.15, 0.2) is 12.4 Å². The molecule has 0 saturated carbocycles. The predicted molar refractivity (Wildman–Crippen MR) is 95.3 cm³/mol. The quantitative estimate of drug-likeness (QED) is 0.873. The zero-order chi connectivity index (χ0) is 17.1. The summed E-state index contributed by atoms with van der Waals surface area (Å²) < 4.78 is 0. The molecule has 24 heavy (non-hydrogen) atoms. The molecule has 0 amide bonds. The van der Waals surface area contributed by atoms with E-state index in [2.05, 4.69) is 25.8 Å². The van der Waals surface area contributed by atoms with E-state index in [9.17, 15) is 10.2 Å². The van der Waals surface area contributed by atoms with Crippen molar-refractivity contribution in [3.05, 3.63) is 12.4 Å². The van der Waals surface area contributed by atoms with Crippen molar-refractivity contribution in [1.29, 1.82) is 0 Å². The Bertz CT molecular complexity index is 494. The Morgan fingerprint density at radius 3 is 1.79 bits per heavy atom. The van der Waals surface area contributed by atoms with Crippen molar-refractivity contribution >= 4 is 11.6 Å². The van der Waals surface area contributed by atoms with E-state index in [4.69, 9.17) is 0 Å². The van der Waals surface area contributed by atoms with Crippen molar-refractivity contribution in [3.8, 4) is 0 Å². The Morgan fingerprint density at radius 1 is 0.917 bits per heavy atom. The molecule has 134 valence electrons. The van der Waals surface area contributed by atoms with E-state index >= 15 is 0 Å². The first kappa shape index (κ1) is 17.4. The smallest absolute Gasteiger partial charge is 0.134 e. The van der Waals surface area contributed by atoms with Crippen LogP contribution in [0.25, 0.3) is 0 Å². The molecule has 4 atom stereocenters. The van der Waals surface area contributed by atoms with Crippen LogP contribution < -0.4 is 9.80 Å². The summed E-state index contributed by atoms with van der Waals surface area (Å²) in [5, 5.41) is 19.8. The molecule has 2 aliphatic heterocycles. The fourth-order valence-corrected chi connectivity index (χ4v) is 3.91. The summed E-state index contributed by atoms with van der Waals surface area (Å²) in [6, 6.07) is 2.06. The first-order valence-electron chi connectivity index (χ1n) is 9.22. The van der Waals surface area contributed by atoms with Crippen LogP contribution in [0.3, 0.4) is 0 Å². The number of nitrogens with zero attached hydrogens (tertiary/aromatic N) is 4. The molecule has 2 fully saturated rings. The van der Waals surface area contributed by atoms with Crippen LogP contribution in [0.4, 0.5) is 11.6 Å². The fourth-order valence-electron chi connectivity index (χ4n) is 3.91. The van der Waals surface area contributed by atoms with Crippen LogP contribution in [0.1, 0.15) is 39.5 Å². The molecule has 6 heteroatoms. The predicted octanol–water partition coefficient (Wildman–Crippen LogP) is 1.67. The maximum atomic E-state index is 9.89. The minimum atomic E-state index is -0.275. The number of aliphatic hydroxyl groups is 2. The van der Waals surface area contributed by atoms with Crippen molar-refractivity contribution in [1.82, 2.24) is 9.97 Å². The minimum Gasteiger partial charge on any atom is -0.393 e. The number of aromatic nitrogens is 2. The third-order valence-corrected chi connectivity index (χ3v) is 5.57. The zero-order valence-electron chi connectivity index (χ0n) is 14.8. The minimum absolute atomic E-state index is 0.275. The van der Waals surface area contributed by atoms with Gasteiger partial charge in [0.15, 0.2) is 0 Å². The standard InChI is InChI=1S/C18H30N4O2/c1-13(23)15-5-3-7-21(10-15)17-9-18(20-12-19-17)22-8-4-6-16(11-22)14(2)24/h9,12-16,23-24H,3-8,10-11H2,1-2H3/t13-,14-,15+,16+/m0/s1. The van der Waals surface area contributed by atoms with Gasteiger partial charge in [-0.15, -0.1) is 0 Å². The van der Waals surface area contributed by atoms with Crippen LogP contribution in [0, 0.1) is 11.8 Å². The SMILES string of the molecule is C[C@H](O)[C@@H]1CCCN(c2cc(N3CCC[C@@H]([C@H](C)O)C3)ncn2)C1. The fraction of sp³-hybridized carbons (Fsp3) is 0.778. The molecule has 6 nitrogen and oxygen atoms in total. The van der Waals surface area contributed by atoms with Crippen molar-refractivity contribution in [2.75, 3.05) is 36.0 Å². The second-order valence-electron chi connectivity index (χ2n) is 7.41. The molecule has 1 aromatic rings. The van der Waals surface area contributed by atoms with Gasteiger partial charge in [-0.2, -0.15) is 0 Å². The summed E-state index contributed by atoms with van der Waals surface area (Å²) in [7, 11) is 0. The average molecular weight is 334 g/mol. The highest BCUT2D eigenvalue weighted by molar-refractivity contribution is 5.50. The van der Waals surface area contributed by atoms with Gasteiger partial charge < -0.3 is 20.0 Å². The Kier molecular flexibility index (Phi) is 5.56. The molecule has 0 spiro atoms. The Balaban J connectivity index is 1.72. The molecule has 0 bridgehead atoms. The van der Waals surface area contributed by atoms with Gasteiger partial charge in [-0.3, -0.25) is 0 Å². The average Bonchev–Trinajstić information content (AvgIpc) is 2.62. The molecule has 1 aromatic heterocycles. The van der Waals surface area contributed by atoms with Crippen molar-refractivity contribution in [3.63, 3.8) is 0 Å². The van der Waals surface area contributed by atoms with Crippen LogP contribution in [0.5, 0.6) is 0 Å². The molecule has 0 radical (unpaired) electrons. The molecule has 0 unspecified atom stereocenters. The molecule has 0 aromatic carbocycles. The molecule has 3 rings (SSSR count). The van der Waals surface area contributed by atoms with Crippen molar-refractivity contribution in [2.45, 2.75) is 51.7 Å². The molecular weight excluding hydrogens is 304 g/mol. The summed E-state index contributed by atoms with van der Waals surface area (Å²) >= 11 is 0. The van der Waals surface area contributed by atoms with Crippen LogP contribution >= 0.6 is 0 Å². The maximum absolute atomic E-state index is 9.89. The normalized spacial score (nSPS) is 27.8. The lowest BCUT2D eigenvalue weighted by atomic mass is 9.93. The maximum Gasteiger partial charge on any atom is 0.134 e. The Labute approximate surface area is 144 Å². The van der Waals surface area contributed by atoms with Crippen molar-refractivity contribution in [2.24, 2.45) is 11.8 Å². The number of anilines is 2. The highest BCUT2D eigenvalue weighted by Gasteiger charge is 2.27. The lowest BCUT2D eigenvalue weighted by molar-refractivity contribution is 0.115. The second-order valence-corrected chi connectivity index (χ2v) is 7.41. The second kappa shape index (κ2) is 7.66. The lowest BCUT2D eigenvalue weighted by Crippen LogP contribution is -2.41. The number of piperidine rings is 2. The van der Waals surface area contributed by atoms with Crippen LogP contribution in [-0.2, 0) is 0 Å². The first-order valence-corrected chi connectivity index (χ1v) is 9.22. The number of rotatable bonds is 4. The molecule has 0 aliphatic carbocycles. The van der Waals surface area contributed by atoms with Gasteiger partial charge in [-0.05, 0) is 39.5 Å². The van der Waals surface area contributed by atoms with E-state index in [1.807, 2.05) is 13.8 Å². The van der Waals surface area contributed by atoms with E-state index in [0.717, 1.165) is 63.5 Å². The summed E-state index contributed by atoms with van der Waals surface area (Å²) in [6.07, 6.45) is 5.42. The van der Waals surface area contributed by atoms with Gasteiger partial charge in [0.25, 0.3) is 0 Å². The highest BCUT2D eigenvalue weighted by Crippen LogP contribution is 2.28. The topological polar surface area (TPSA) is 72.7 Å². The molecule has 2 saturated heterocycles. The monoisotopic (exact) mass is 334 g/mol. The molecule has 2 aliphatic rings. The van der Waals surface area contributed by atoms with Gasteiger partial charge in [0.05, 0.1) is 12.2 Å². The van der Waals surface area contributed by atoms with E-state index in [1.54, 1.807) is 6.33 Å². The van der Waals surface area contributed by atoms with Gasteiger partial charge in [0.2, 0.25) is 0 Å². The van der Waals surface area contributed by atoms with E-state index in [0.29, 0.717) is 11.8 Å². The summed E-state index contributed by atoms with van der Waals surface area (Å²) in [5.41, 5.74) is 0. The summed E-state index contributed by atoms with van der Waals surface area (Å²) in [4.78, 5) is 13.5. The van der Waals surface area contributed by atoms with E-state index in [1.165, 1.54) is 0 Å². The number of hydrogen-bond acceptors (Lipinski definition) is 6. The molecular formula is C18H30N4O2. The third-order valence-electron chi connectivity index (χ3n) is 5.57. The number of hydrogen-bond donors (Lipinski definition) is 2. The third kappa shape index (κ3) is 3.98. The van der Waals surface area contributed by atoms with Gasteiger partial charge in [0.1, 0.15) is 18.0 Å². The summed E-state index contributed by atoms with van der Waals surface area (Å²) in [6.45, 7) is 7.42. The number of aliphatic hydroxyl groups excluding tert-OH is 2. The van der Waals surface area contributed by atoms with Gasteiger partial charge in [-0.25, -0.2) is 9.97 Å². The first-order chi connectivity index (χ1) is 11.5. The molecule has 2 N–H and O–H groups in total. The zero-order valence-corrected chi connectivity index (χ0v) is 14.8. The van der Waals surface area contributed by atoms with Crippen LogP contribution in [-0.4, -0.2) is 58.6 Å². The van der Waals surface area contributed by atoms with Gasteiger partial charge in [0, 0.05) is 44.1 Å². The Morgan fingerprint density at radius 2 is 1.38 bits per heavy atom. The lowest BCUT2D eigenvalue weighted by Gasteiger charge is -2.37. The summed E-state index contributed by atoms with van der Waals surface area (Å²) in [5.74, 6) is 2.52. The van der Waals surface area contributed by atoms with E-state index < -0.39 is 0 Å². The Hall–Kier alpha value is -1.40. The highest BCUT2D eigenvalue weighted by atomic mass is 16.3. The van der Waals surface area contributed by atoms with Gasteiger partial charge in [-0.1, -0.05) is 0 Å². The molecule has 3 heterocycles.